The molecule has 1 aromatic rings. The predicted molar refractivity (Wildman–Crippen MR) is 68.7 cm³/mol. The van der Waals surface area contributed by atoms with Gasteiger partial charge >= 0.3 is 0 Å². The molecule has 96 valence electrons. The third-order valence-electron chi connectivity index (χ3n) is 4.18. The molecule has 1 N–H and O–H groups in total. The van der Waals surface area contributed by atoms with Crippen molar-refractivity contribution < 1.29 is 5.11 Å². The largest absolute Gasteiger partial charge is 0.389 e. The second-order valence-electron chi connectivity index (χ2n) is 5.96. The van der Waals surface area contributed by atoms with Gasteiger partial charge in [-0.25, -0.2) is 0 Å². The fourth-order valence-corrected chi connectivity index (χ4v) is 2.92. The zero-order chi connectivity index (χ0) is 12.5. The van der Waals surface area contributed by atoms with Crippen LogP contribution in [0.25, 0.3) is 0 Å². The zero-order valence-corrected chi connectivity index (χ0v) is 11.2. The molecule has 0 bridgehead atoms. The minimum atomic E-state index is -0.514. The highest BCUT2D eigenvalue weighted by atomic mass is 16.3. The van der Waals surface area contributed by atoms with E-state index >= 15 is 0 Å². The number of hydrogen-bond donors (Lipinski definition) is 1. The van der Waals surface area contributed by atoms with Gasteiger partial charge in [0.2, 0.25) is 0 Å². The van der Waals surface area contributed by atoms with E-state index in [1.165, 1.54) is 0 Å². The average Bonchev–Trinajstić information content (AvgIpc) is 2.63. The van der Waals surface area contributed by atoms with Crippen molar-refractivity contribution in [1.82, 2.24) is 9.78 Å². The van der Waals surface area contributed by atoms with Crippen molar-refractivity contribution in [3.05, 3.63) is 18.0 Å². The molecule has 3 heteroatoms. The molecule has 0 saturated heterocycles. The maximum absolute atomic E-state index is 10.6. The van der Waals surface area contributed by atoms with E-state index in [4.69, 9.17) is 0 Å². The summed E-state index contributed by atoms with van der Waals surface area (Å²) in [5.74, 6) is 1.54. The molecule has 0 amide bonds. The summed E-state index contributed by atoms with van der Waals surface area (Å²) < 4.78 is 1.80. The first kappa shape index (κ1) is 12.6. The van der Waals surface area contributed by atoms with Gasteiger partial charge in [-0.1, -0.05) is 13.8 Å². The van der Waals surface area contributed by atoms with Crippen LogP contribution in [0.15, 0.2) is 12.3 Å². The van der Waals surface area contributed by atoms with E-state index in [0.717, 1.165) is 43.2 Å². The molecule has 1 aliphatic carbocycles. The van der Waals surface area contributed by atoms with Crippen LogP contribution in [0.5, 0.6) is 0 Å². The number of hydrogen-bond acceptors (Lipinski definition) is 2. The van der Waals surface area contributed by atoms with Gasteiger partial charge in [0.1, 0.15) is 0 Å². The summed E-state index contributed by atoms with van der Waals surface area (Å²) in [6.45, 7) is 4.57. The summed E-state index contributed by atoms with van der Waals surface area (Å²) in [4.78, 5) is 0. The van der Waals surface area contributed by atoms with Gasteiger partial charge in [-0.3, -0.25) is 4.68 Å². The monoisotopic (exact) mass is 236 g/mol. The van der Waals surface area contributed by atoms with E-state index in [-0.39, 0.29) is 0 Å². The Bertz CT molecular complexity index is 362. The topological polar surface area (TPSA) is 38.0 Å². The minimum Gasteiger partial charge on any atom is -0.389 e. The number of aryl methyl sites for hydroxylation is 1. The summed E-state index contributed by atoms with van der Waals surface area (Å²) in [6.07, 6.45) is 6.80. The van der Waals surface area contributed by atoms with Crippen molar-refractivity contribution >= 4 is 0 Å². The quantitative estimate of drug-likeness (QED) is 0.875. The Morgan fingerprint density at radius 1 is 1.47 bits per heavy atom. The smallest absolute Gasteiger partial charge is 0.0703 e. The lowest BCUT2D eigenvalue weighted by Gasteiger charge is -2.37. The average molecular weight is 236 g/mol. The van der Waals surface area contributed by atoms with Gasteiger partial charge in [0.25, 0.3) is 0 Å². The Balaban J connectivity index is 1.93. The van der Waals surface area contributed by atoms with Gasteiger partial charge in [-0.2, -0.15) is 5.10 Å². The lowest BCUT2D eigenvalue weighted by atomic mass is 9.73. The Morgan fingerprint density at radius 3 is 2.59 bits per heavy atom. The summed E-state index contributed by atoms with van der Waals surface area (Å²) in [6, 6.07) is 2.01. The standard InChI is InChI=1S/C14H24N2O/c1-11(2)12-4-7-14(17,8-5-12)10-13-6-9-16(3)15-13/h6,9,11-12,17H,4-5,7-8,10H2,1-3H3. The normalized spacial score (nSPS) is 29.8. The molecule has 0 aromatic carbocycles. The van der Waals surface area contributed by atoms with E-state index in [1.807, 2.05) is 19.3 Å². The van der Waals surface area contributed by atoms with Gasteiger partial charge in [0.15, 0.2) is 0 Å². The SMILES string of the molecule is CC(C)C1CCC(O)(Cc2ccn(C)n2)CC1. The molecule has 0 unspecified atom stereocenters. The molecular formula is C14H24N2O. The number of aliphatic hydroxyl groups is 1. The second-order valence-corrected chi connectivity index (χ2v) is 5.96. The third-order valence-corrected chi connectivity index (χ3v) is 4.18. The van der Waals surface area contributed by atoms with E-state index in [2.05, 4.69) is 18.9 Å². The van der Waals surface area contributed by atoms with Gasteiger partial charge in [0, 0.05) is 19.7 Å². The van der Waals surface area contributed by atoms with Crippen LogP contribution in [-0.2, 0) is 13.5 Å². The predicted octanol–water partition coefficient (Wildman–Crippen LogP) is 2.54. The number of rotatable bonds is 3. The first-order chi connectivity index (χ1) is 7.98. The van der Waals surface area contributed by atoms with Crippen LogP contribution < -0.4 is 0 Å². The van der Waals surface area contributed by atoms with Gasteiger partial charge < -0.3 is 5.11 Å². The summed E-state index contributed by atoms with van der Waals surface area (Å²) in [5, 5.41) is 14.9. The van der Waals surface area contributed by atoms with Crippen molar-refractivity contribution in [1.29, 1.82) is 0 Å². The first-order valence-electron chi connectivity index (χ1n) is 6.69. The highest BCUT2D eigenvalue weighted by Gasteiger charge is 2.34. The zero-order valence-electron chi connectivity index (χ0n) is 11.2. The van der Waals surface area contributed by atoms with E-state index in [0.29, 0.717) is 6.42 Å². The lowest BCUT2D eigenvalue weighted by molar-refractivity contribution is -0.0154. The van der Waals surface area contributed by atoms with Gasteiger partial charge in [-0.05, 0) is 43.6 Å². The molecule has 1 heterocycles. The van der Waals surface area contributed by atoms with Crippen LogP contribution in [0.4, 0.5) is 0 Å². The lowest BCUT2D eigenvalue weighted by Crippen LogP contribution is -2.37. The number of nitrogens with zero attached hydrogens (tertiary/aromatic N) is 2. The molecule has 1 fully saturated rings. The number of aromatic nitrogens is 2. The molecule has 3 nitrogen and oxygen atoms in total. The van der Waals surface area contributed by atoms with Crippen LogP contribution in [0.2, 0.25) is 0 Å². The molecule has 1 aromatic heterocycles. The van der Waals surface area contributed by atoms with Crippen molar-refractivity contribution in [3.8, 4) is 0 Å². The Morgan fingerprint density at radius 2 is 2.12 bits per heavy atom. The minimum absolute atomic E-state index is 0.514. The Kier molecular flexibility index (Phi) is 3.57. The second kappa shape index (κ2) is 4.81. The van der Waals surface area contributed by atoms with Crippen LogP contribution >= 0.6 is 0 Å². The summed E-state index contributed by atoms with van der Waals surface area (Å²) in [7, 11) is 1.92. The maximum Gasteiger partial charge on any atom is 0.0703 e. The third kappa shape index (κ3) is 3.09. The maximum atomic E-state index is 10.6. The van der Waals surface area contributed by atoms with Crippen LogP contribution in [0, 0.1) is 11.8 Å². The highest BCUT2D eigenvalue weighted by molar-refractivity contribution is 5.05. The molecule has 0 atom stereocenters. The van der Waals surface area contributed by atoms with Crippen LogP contribution in [0.3, 0.4) is 0 Å². The molecule has 1 saturated carbocycles. The van der Waals surface area contributed by atoms with E-state index in [9.17, 15) is 5.11 Å². The van der Waals surface area contributed by atoms with Crippen LogP contribution in [-0.4, -0.2) is 20.5 Å². The summed E-state index contributed by atoms with van der Waals surface area (Å²) in [5.41, 5.74) is 0.498. The molecule has 0 spiro atoms. The Labute approximate surface area is 104 Å². The van der Waals surface area contributed by atoms with E-state index < -0.39 is 5.60 Å². The van der Waals surface area contributed by atoms with Crippen molar-refractivity contribution in [2.75, 3.05) is 0 Å². The molecule has 17 heavy (non-hydrogen) atoms. The molecule has 0 radical (unpaired) electrons. The van der Waals surface area contributed by atoms with Crippen molar-refractivity contribution in [2.45, 2.75) is 51.6 Å². The summed E-state index contributed by atoms with van der Waals surface area (Å²) >= 11 is 0. The first-order valence-corrected chi connectivity index (χ1v) is 6.69. The van der Waals surface area contributed by atoms with E-state index in [1.54, 1.807) is 4.68 Å². The van der Waals surface area contributed by atoms with Crippen LogP contribution in [0.1, 0.15) is 45.2 Å². The fourth-order valence-electron chi connectivity index (χ4n) is 2.92. The highest BCUT2D eigenvalue weighted by Crippen LogP contribution is 2.37. The van der Waals surface area contributed by atoms with Gasteiger partial charge in [-0.15, -0.1) is 0 Å². The van der Waals surface area contributed by atoms with Crippen molar-refractivity contribution in [2.24, 2.45) is 18.9 Å². The fraction of sp³-hybridized carbons (Fsp3) is 0.786. The van der Waals surface area contributed by atoms with Gasteiger partial charge in [0.05, 0.1) is 11.3 Å². The molecule has 2 rings (SSSR count). The Hall–Kier alpha value is -0.830. The molecule has 1 aliphatic rings. The molecule has 0 aliphatic heterocycles. The molecular weight excluding hydrogens is 212 g/mol. The van der Waals surface area contributed by atoms with Crippen molar-refractivity contribution in [3.63, 3.8) is 0 Å².